The molecular formula is C38H54I6N6O18. The predicted octanol–water partition coefficient (Wildman–Crippen LogP) is -1.15. The van der Waals surface area contributed by atoms with Crippen molar-refractivity contribution in [3.05, 3.63) is 43.7 Å². The third-order valence-corrected chi connectivity index (χ3v) is 15.5. The van der Waals surface area contributed by atoms with Gasteiger partial charge in [-0.2, -0.15) is 0 Å². The number of nitrogens with one attached hydrogen (secondary N) is 6. The van der Waals surface area contributed by atoms with E-state index in [1.165, 1.54) is 14.1 Å². The Hall–Kier alpha value is -0.840. The van der Waals surface area contributed by atoms with Gasteiger partial charge in [0.05, 0.1) is 73.3 Å². The second-order valence-electron chi connectivity index (χ2n) is 13.9. The van der Waals surface area contributed by atoms with E-state index < -0.39 is 97.6 Å². The molecule has 0 saturated heterocycles. The van der Waals surface area contributed by atoms with Gasteiger partial charge < -0.3 is 93.2 Å². The lowest BCUT2D eigenvalue weighted by molar-refractivity contribution is -0.118. The van der Waals surface area contributed by atoms with E-state index in [9.17, 15) is 49.2 Å². The average molecular weight is 1640 g/mol. The summed E-state index contributed by atoms with van der Waals surface area (Å²) in [5.41, 5.74) is 0.557. The zero-order valence-electron chi connectivity index (χ0n) is 36.4. The Morgan fingerprint density at radius 2 is 0.706 bits per heavy atom. The molecule has 68 heavy (non-hydrogen) atoms. The Morgan fingerprint density at radius 3 is 0.941 bits per heavy atom. The van der Waals surface area contributed by atoms with Crippen LogP contribution in [0.4, 0.5) is 11.4 Å². The molecule has 18 N–H and O–H groups in total. The molecule has 2 aromatic carbocycles. The maximum Gasteiger partial charge on any atom is 0.337 e. The van der Waals surface area contributed by atoms with Crippen molar-refractivity contribution in [1.82, 2.24) is 21.3 Å². The first kappa shape index (κ1) is 67.2. The number of halogens is 6. The number of rotatable bonds is 23. The summed E-state index contributed by atoms with van der Waals surface area (Å²) in [5.74, 6) is -4.28. The van der Waals surface area contributed by atoms with E-state index >= 15 is 0 Å². The van der Waals surface area contributed by atoms with Crippen molar-refractivity contribution >= 4 is 182 Å². The molecule has 0 spiro atoms. The number of carboxylic acid groups (broad SMARTS) is 2. The van der Waals surface area contributed by atoms with Crippen LogP contribution in [0.2, 0.25) is 0 Å². The first-order chi connectivity index (χ1) is 31.7. The Morgan fingerprint density at radius 1 is 0.441 bits per heavy atom. The smallest absolute Gasteiger partial charge is 0.337 e. The SMILES string of the molecule is CNC(=O)c1c(I)c(NC(=O)CCCCC(=O)Nc2c(I)c(C(=O)O)c(I)c(C(=O)NC)c2I)c(I)c(C(=O)O)c1I.CNC[C@H](O)[C@@H](O)[C@H](O)[C@H](O)CO.CNC[C@H](O)[C@@H](O)[C@H](O)[C@H](O)CO. The predicted molar refractivity (Wildman–Crippen MR) is 296 cm³/mol. The van der Waals surface area contributed by atoms with Crippen molar-refractivity contribution in [3.8, 4) is 0 Å². The van der Waals surface area contributed by atoms with Gasteiger partial charge in [-0.15, -0.1) is 0 Å². The highest BCUT2D eigenvalue weighted by molar-refractivity contribution is 14.1. The van der Waals surface area contributed by atoms with Crippen LogP contribution in [-0.2, 0) is 9.59 Å². The zero-order valence-corrected chi connectivity index (χ0v) is 49.3. The van der Waals surface area contributed by atoms with Gasteiger partial charge in [0, 0.05) is 47.2 Å². The summed E-state index contributed by atoms with van der Waals surface area (Å²) in [6.07, 6.45) is -10.6. The fraction of sp³-hybridized carbons (Fsp3) is 0.526. The van der Waals surface area contributed by atoms with E-state index in [1.807, 2.05) is 90.4 Å². The van der Waals surface area contributed by atoms with Crippen molar-refractivity contribution < 1.29 is 90.0 Å². The molecule has 8 atom stereocenters. The largest absolute Gasteiger partial charge is 0.478 e. The van der Waals surface area contributed by atoms with Crippen LogP contribution in [0, 0.1) is 21.4 Å². The van der Waals surface area contributed by atoms with Gasteiger partial charge in [0.2, 0.25) is 11.8 Å². The number of hydrogen-bond donors (Lipinski definition) is 18. The number of amides is 4. The number of aromatic carboxylic acids is 2. The Bertz CT molecular complexity index is 1920. The molecule has 0 aliphatic rings. The third kappa shape index (κ3) is 19.9. The molecule has 2 aromatic rings. The van der Waals surface area contributed by atoms with Crippen LogP contribution in [0.3, 0.4) is 0 Å². The molecule has 0 unspecified atom stereocenters. The lowest BCUT2D eigenvalue weighted by atomic mass is 10.0. The van der Waals surface area contributed by atoms with Crippen molar-refractivity contribution in [3.63, 3.8) is 0 Å². The highest BCUT2D eigenvalue weighted by atomic mass is 127. The van der Waals surface area contributed by atoms with Crippen molar-refractivity contribution in [2.75, 3.05) is 65.1 Å². The number of carbonyl (C=O) groups excluding carboxylic acids is 4. The van der Waals surface area contributed by atoms with Gasteiger partial charge in [-0.25, -0.2) is 9.59 Å². The van der Waals surface area contributed by atoms with Crippen LogP contribution in [0.1, 0.15) is 67.1 Å². The van der Waals surface area contributed by atoms with Crippen LogP contribution < -0.4 is 31.9 Å². The average Bonchev–Trinajstić information content (AvgIpc) is 3.29. The molecule has 30 heteroatoms. The zero-order chi connectivity index (χ0) is 52.9. The Balaban J connectivity index is 0.00000140. The quantitative estimate of drug-likeness (QED) is 0.0461. The molecule has 386 valence electrons. The molecule has 0 radical (unpaired) electrons. The second-order valence-corrected chi connectivity index (χ2v) is 20.4. The number of aliphatic hydroxyl groups excluding tert-OH is 10. The first-order valence-corrected chi connectivity index (χ1v) is 26.0. The minimum Gasteiger partial charge on any atom is -0.478 e. The fourth-order valence-corrected chi connectivity index (χ4v) is 14.1. The summed E-state index contributed by atoms with van der Waals surface area (Å²) < 4.78 is 1.88. The number of anilines is 2. The standard InChI is InChI=1S/C24H20I6N4O8.2C7H17NO5/c1-31-21(37)9-13(25)11(23(39)40)17(29)19(15(9)27)33-7(35)5-3-4-6-8(36)34-20-16(28)10(22(38)32-2)14(26)12(18(20)30)24(41)42;2*1-8-2-4(10)6(12)7(13)5(11)3-9/h3-6H2,1-2H3,(H,31,37)(H,32,38)(H,33,35)(H,34,36)(H,39,40)(H,41,42);2*4-13H,2-3H2,1H3/t;2*4-,5+,6+,7+/m.00/s1. The minimum absolute atomic E-state index is 0.0196. The van der Waals surface area contributed by atoms with E-state index in [1.54, 1.807) is 59.3 Å². The van der Waals surface area contributed by atoms with E-state index in [2.05, 4.69) is 31.9 Å². The second kappa shape index (κ2) is 33.8. The third-order valence-electron chi connectivity index (χ3n) is 9.03. The number of unbranched alkanes of at least 4 members (excludes halogenated alkanes) is 1. The molecule has 4 amide bonds. The Kier molecular flexibility index (Phi) is 33.4. The van der Waals surface area contributed by atoms with E-state index in [0.29, 0.717) is 20.0 Å². The molecule has 0 fully saturated rings. The lowest BCUT2D eigenvalue weighted by Gasteiger charge is -2.25. The maximum absolute atomic E-state index is 12.8. The highest BCUT2D eigenvalue weighted by Gasteiger charge is 2.32. The highest BCUT2D eigenvalue weighted by Crippen LogP contribution is 2.37. The lowest BCUT2D eigenvalue weighted by Crippen LogP contribution is -2.48. The monoisotopic (exact) mass is 1640 g/mol. The van der Waals surface area contributed by atoms with Crippen LogP contribution >= 0.6 is 136 Å². The summed E-state index contributed by atoms with van der Waals surface area (Å²) in [5, 5.41) is 125. The van der Waals surface area contributed by atoms with Gasteiger partial charge >= 0.3 is 11.9 Å². The summed E-state index contributed by atoms with van der Waals surface area (Å²) in [7, 11) is 6.00. The van der Waals surface area contributed by atoms with Crippen LogP contribution in [0.25, 0.3) is 0 Å². The van der Waals surface area contributed by atoms with E-state index in [-0.39, 0.29) is 73.8 Å². The van der Waals surface area contributed by atoms with Crippen molar-refractivity contribution in [2.24, 2.45) is 0 Å². The van der Waals surface area contributed by atoms with Gasteiger partial charge in [0.1, 0.15) is 36.6 Å². The van der Waals surface area contributed by atoms with E-state index in [4.69, 9.17) is 40.9 Å². The number of carbonyl (C=O) groups is 6. The Labute approximate surface area is 471 Å². The fourth-order valence-electron chi connectivity index (χ4n) is 5.33. The molecule has 0 aromatic heterocycles. The molecule has 0 aliphatic heterocycles. The number of aliphatic hydroxyl groups is 10. The van der Waals surface area contributed by atoms with Gasteiger partial charge in [-0.1, -0.05) is 0 Å². The number of carboxylic acids is 2. The van der Waals surface area contributed by atoms with Crippen molar-refractivity contribution in [1.29, 1.82) is 0 Å². The van der Waals surface area contributed by atoms with Gasteiger partial charge in [-0.05, 0) is 162 Å². The summed E-state index contributed by atoms with van der Waals surface area (Å²) in [6, 6.07) is 0. The van der Waals surface area contributed by atoms with Gasteiger partial charge in [-0.3, -0.25) is 19.2 Å². The number of benzene rings is 2. The summed E-state index contributed by atoms with van der Waals surface area (Å²) >= 11 is 11.0. The van der Waals surface area contributed by atoms with Crippen LogP contribution in [-0.4, -0.2) is 200 Å². The normalized spacial score (nSPS) is 14.5. The number of likely N-dealkylation sites (N-methyl/N-ethyl adjacent to an activating group) is 2. The van der Waals surface area contributed by atoms with Crippen LogP contribution in [0.15, 0.2) is 0 Å². The number of hydrogen-bond acceptors (Lipinski definition) is 18. The molecular weight excluding hydrogens is 1590 g/mol. The van der Waals surface area contributed by atoms with Crippen LogP contribution in [0.5, 0.6) is 0 Å². The molecule has 24 nitrogen and oxygen atoms in total. The molecule has 0 saturated carbocycles. The first-order valence-electron chi connectivity index (χ1n) is 19.6. The molecule has 0 aliphatic carbocycles. The van der Waals surface area contributed by atoms with E-state index in [0.717, 1.165) is 0 Å². The van der Waals surface area contributed by atoms with Gasteiger partial charge in [0.15, 0.2) is 0 Å². The topological polar surface area (TPSA) is 417 Å². The summed E-state index contributed by atoms with van der Waals surface area (Å²) in [6.45, 7) is -1.14. The molecule has 2 rings (SSSR count). The van der Waals surface area contributed by atoms with Gasteiger partial charge in [0.25, 0.3) is 11.8 Å². The minimum atomic E-state index is -1.55. The summed E-state index contributed by atoms with van der Waals surface area (Å²) in [4.78, 5) is 74.2. The molecule has 0 bridgehead atoms. The maximum atomic E-state index is 12.8. The molecule has 0 heterocycles. The van der Waals surface area contributed by atoms with Crippen molar-refractivity contribution in [2.45, 2.75) is 74.5 Å².